The Hall–Kier alpha value is -3.16. The highest BCUT2D eigenvalue weighted by molar-refractivity contribution is 5.60. The molecule has 0 amide bonds. The molecule has 1 aromatic heterocycles. The topological polar surface area (TPSA) is 66.6 Å². The minimum Gasteiger partial charge on any atom is -0.493 e. The van der Waals surface area contributed by atoms with E-state index in [1.165, 1.54) is 19.2 Å². The fourth-order valence-corrected chi connectivity index (χ4v) is 2.59. The van der Waals surface area contributed by atoms with Gasteiger partial charge in [-0.1, -0.05) is 23.4 Å². The molecule has 0 aliphatic rings. The molecule has 2 aromatic carbocycles. The Morgan fingerprint density at radius 3 is 2.48 bits per heavy atom. The molecule has 0 unspecified atom stereocenters. The molecule has 0 aliphatic heterocycles. The van der Waals surface area contributed by atoms with Crippen molar-refractivity contribution in [2.75, 3.05) is 7.11 Å². The predicted octanol–water partition coefficient (Wildman–Crippen LogP) is 4.54. The van der Waals surface area contributed by atoms with Gasteiger partial charge in [-0.25, -0.2) is 0 Å². The number of alkyl halides is 2. The summed E-state index contributed by atoms with van der Waals surface area (Å²) < 4.78 is 45.3. The molecule has 0 fully saturated rings. The van der Waals surface area contributed by atoms with Gasteiger partial charge in [0.15, 0.2) is 18.1 Å². The van der Waals surface area contributed by atoms with Crippen LogP contribution in [0.2, 0.25) is 0 Å². The smallest absolute Gasteiger partial charge is 0.387 e. The average molecular weight is 376 g/mol. The highest BCUT2D eigenvalue weighted by Crippen LogP contribution is 2.32. The van der Waals surface area contributed by atoms with Crippen molar-refractivity contribution in [1.82, 2.24) is 10.1 Å². The van der Waals surface area contributed by atoms with E-state index < -0.39 is 6.61 Å². The molecule has 1 heterocycles. The molecule has 0 bridgehead atoms. The van der Waals surface area contributed by atoms with Crippen molar-refractivity contribution in [2.24, 2.45) is 0 Å². The Morgan fingerprint density at radius 2 is 1.81 bits per heavy atom. The maximum atomic E-state index is 12.4. The SMILES string of the molecule is COc1cc(-c2noc(COc3c(C)cccc3C)n2)ccc1OC(F)F. The largest absolute Gasteiger partial charge is 0.493 e. The molecule has 3 aromatic rings. The van der Waals surface area contributed by atoms with E-state index in [1.54, 1.807) is 6.07 Å². The van der Waals surface area contributed by atoms with Crippen LogP contribution in [-0.2, 0) is 6.61 Å². The minimum atomic E-state index is -2.94. The van der Waals surface area contributed by atoms with Gasteiger partial charge >= 0.3 is 6.61 Å². The number of hydrogen-bond donors (Lipinski definition) is 0. The monoisotopic (exact) mass is 376 g/mol. The second-order valence-corrected chi connectivity index (χ2v) is 5.77. The number of nitrogens with zero attached hydrogens (tertiary/aromatic N) is 2. The number of aromatic nitrogens is 2. The number of halogens is 2. The summed E-state index contributed by atoms with van der Waals surface area (Å²) in [6.45, 7) is 1.08. The van der Waals surface area contributed by atoms with E-state index in [0.29, 0.717) is 11.5 Å². The molecule has 0 radical (unpaired) electrons. The van der Waals surface area contributed by atoms with Gasteiger partial charge in [0.05, 0.1) is 7.11 Å². The summed E-state index contributed by atoms with van der Waals surface area (Å²) in [6.07, 6.45) is 0. The number of rotatable bonds is 7. The van der Waals surface area contributed by atoms with E-state index in [9.17, 15) is 8.78 Å². The van der Waals surface area contributed by atoms with E-state index in [2.05, 4.69) is 14.9 Å². The lowest BCUT2D eigenvalue weighted by Crippen LogP contribution is -2.03. The molecule has 0 saturated heterocycles. The number of methoxy groups -OCH3 is 1. The Labute approximate surface area is 154 Å². The molecule has 8 heteroatoms. The van der Waals surface area contributed by atoms with Gasteiger partial charge in [-0.2, -0.15) is 13.8 Å². The number of hydrogen-bond acceptors (Lipinski definition) is 6. The summed E-state index contributed by atoms with van der Waals surface area (Å²) in [7, 11) is 1.36. The quantitative estimate of drug-likeness (QED) is 0.603. The maximum absolute atomic E-state index is 12.4. The summed E-state index contributed by atoms with van der Waals surface area (Å²) >= 11 is 0. The molecule has 3 rings (SSSR count). The van der Waals surface area contributed by atoms with Crippen molar-refractivity contribution in [1.29, 1.82) is 0 Å². The van der Waals surface area contributed by atoms with Crippen molar-refractivity contribution in [2.45, 2.75) is 27.1 Å². The molecule has 27 heavy (non-hydrogen) atoms. The predicted molar refractivity (Wildman–Crippen MR) is 93.2 cm³/mol. The Morgan fingerprint density at radius 1 is 1.07 bits per heavy atom. The molecule has 142 valence electrons. The molecule has 0 saturated carbocycles. The van der Waals surface area contributed by atoms with Crippen molar-refractivity contribution in [3.63, 3.8) is 0 Å². The van der Waals surface area contributed by atoms with Gasteiger partial charge in [0, 0.05) is 5.56 Å². The summed E-state index contributed by atoms with van der Waals surface area (Å²) in [5.74, 6) is 1.42. The standard InChI is InChI=1S/C19H18F2N2O4/c1-11-5-4-6-12(2)17(11)25-10-16-22-18(23-27-16)13-7-8-14(26-19(20)21)15(9-13)24-3/h4-9,19H,10H2,1-3H3. The minimum absolute atomic E-state index is 0.0710. The number of ether oxygens (including phenoxy) is 3. The van der Waals surface area contributed by atoms with Crippen molar-refractivity contribution in [3.8, 4) is 28.6 Å². The summed E-state index contributed by atoms with van der Waals surface area (Å²) in [5, 5.41) is 3.90. The number of para-hydroxylation sites is 1. The zero-order valence-electron chi connectivity index (χ0n) is 15.0. The highest BCUT2D eigenvalue weighted by atomic mass is 19.3. The third-order valence-electron chi connectivity index (χ3n) is 3.85. The van der Waals surface area contributed by atoms with Gasteiger partial charge < -0.3 is 18.7 Å². The zero-order chi connectivity index (χ0) is 19.4. The molecule has 0 atom stereocenters. The molecule has 6 nitrogen and oxygen atoms in total. The lowest BCUT2D eigenvalue weighted by Gasteiger charge is -2.10. The van der Waals surface area contributed by atoms with Crippen molar-refractivity contribution < 1.29 is 27.5 Å². The second-order valence-electron chi connectivity index (χ2n) is 5.77. The van der Waals surface area contributed by atoms with Crippen molar-refractivity contribution >= 4 is 0 Å². The lowest BCUT2D eigenvalue weighted by atomic mass is 10.1. The molecule has 0 N–H and O–H groups in total. The van der Waals surface area contributed by atoms with Gasteiger partial charge in [-0.05, 0) is 43.2 Å². The van der Waals surface area contributed by atoms with Crippen LogP contribution in [-0.4, -0.2) is 23.9 Å². The Kier molecular flexibility index (Phi) is 5.54. The average Bonchev–Trinajstić information content (AvgIpc) is 3.10. The maximum Gasteiger partial charge on any atom is 0.387 e. The second kappa shape index (κ2) is 8.03. The Balaban J connectivity index is 1.75. The molecular weight excluding hydrogens is 358 g/mol. The van der Waals surface area contributed by atoms with Gasteiger partial charge in [-0.3, -0.25) is 0 Å². The van der Waals surface area contributed by atoms with Crippen LogP contribution in [0.25, 0.3) is 11.4 Å². The van der Waals surface area contributed by atoms with Crippen molar-refractivity contribution in [3.05, 3.63) is 53.4 Å². The van der Waals surface area contributed by atoms with Crippen LogP contribution < -0.4 is 14.2 Å². The molecule has 0 spiro atoms. The van der Waals surface area contributed by atoms with Crippen LogP contribution >= 0.6 is 0 Å². The van der Waals surface area contributed by atoms with E-state index in [-0.39, 0.29) is 23.9 Å². The normalized spacial score (nSPS) is 10.9. The van der Waals surface area contributed by atoms with Crippen LogP contribution in [0.1, 0.15) is 17.0 Å². The van der Waals surface area contributed by atoms with Crippen LogP contribution in [0.3, 0.4) is 0 Å². The van der Waals surface area contributed by atoms with Gasteiger partial charge in [-0.15, -0.1) is 0 Å². The first-order valence-electron chi connectivity index (χ1n) is 8.12. The van der Waals surface area contributed by atoms with Crippen LogP contribution in [0.5, 0.6) is 17.2 Å². The third kappa shape index (κ3) is 4.33. The van der Waals surface area contributed by atoms with Crippen LogP contribution in [0, 0.1) is 13.8 Å². The van der Waals surface area contributed by atoms with Gasteiger partial charge in [0.25, 0.3) is 5.89 Å². The lowest BCUT2D eigenvalue weighted by molar-refractivity contribution is -0.0512. The summed E-state index contributed by atoms with van der Waals surface area (Å²) in [4.78, 5) is 4.27. The fourth-order valence-electron chi connectivity index (χ4n) is 2.59. The van der Waals surface area contributed by atoms with E-state index in [4.69, 9.17) is 14.0 Å². The number of benzene rings is 2. The van der Waals surface area contributed by atoms with Gasteiger partial charge in [0.2, 0.25) is 5.82 Å². The first-order valence-corrected chi connectivity index (χ1v) is 8.12. The van der Waals surface area contributed by atoms with Crippen LogP contribution in [0.4, 0.5) is 8.78 Å². The third-order valence-corrected chi connectivity index (χ3v) is 3.85. The summed E-state index contributed by atoms with van der Waals surface area (Å²) in [6, 6.07) is 10.3. The highest BCUT2D eigenvalue weighted by Gasteiger charge is 2.15. The first-order chi connectivity index (χ1) is 13.0. The van der Waals surface area contributed by atoms with E-state index in [0.717, 1.165) is 16.9 Å². The molecular formula is C19H18F2N2O4. The van der Waals surface area contributed by atoms with Gasteiger partial charge in [0.1, 0.15) is 5.75 Å². The first kappa shape index (κ1) is 18.6. The van der Waals surface area contributed by atoms with E-state index in [1.807, 2.05) is 32.0 Å². The number of aryl methyl sites for hydroxylation is 2. The Bertz CT molecular complexity index is 908. The fraction of sp³-hybridized carbons (Fsp3) is 0.263. The van der Waals surface area contributed by atoms with Crippen LogP contribution in [0.15, 0.2) is 40.9 Å². The summed E-state index contributed by atoms with van der Waals surface area (Å²) in [5.41, 5.74) is 2.55. The van der Waals surface area contributed by atoms with E-state index >= 15 is 0 Å². The zero-order valence-corrected chi connectivity index (χ0v) is 15.0. The molecule has 0 aliphatic carbocycles.